The van der Waals surface area contributed by atoms with E-state index in [0.29, 0.717) is 12.0 Å². The summed E-state index contributed by atoms with van der Waals surface area (Å²) in [7, 11) is 0. The monoisotopic (exact) mass is 290 g/mol. The Balaban J connectivity index is 2.94. The third-order valence-electron chi connectivity index (χ3n) is 3.90. The average Bonchev–Trinajstić information content (AvgIpc) is 2.48. The van der Waals surface area contributed by atoms with Gasteiger partial charge in [-0.25, -0.2) is 0 Å². The zero-order valence-corrected chi connectivity index (χ0v) is 14.1. The van der Waals surface area contributed by atoms with Crippen LogP contribution in [0.4, 0.5) is 5.69 Å². The number of hydrogen-bond donors (Lipinski definition) is 1. The molecule has 1 aromatic rings. The molecule has 118 valence electrons. The molecule has 0 heterocycles. The summed E-state index contributed by atoms with van der Waals surface area (Å²) in [6.45, 7) is 12.2. The van der Waals surface area contributed by atoms with Gasteiger partial charge in [-0.05, 0) is 38.8 Å². The van der Waals surface area contributed by atoms with Crippen molar-refractivity contribution in [1.82, 2.24) is 4.90 Å². The highest BCUT2D eigenvalue weighted by molar-refractivity contribution is 5.99. The summed E-state index contributed by atoms with van der Waals surface area (Å²) in [5.41, 5.74) is 1.71. The summed E-state index contributed by atoms with van der Waals surface area (Å²) in [5.74, 6) is 0.715. The van der Waals surface area contributed by atoms with Crippen LogP contribution in [0.1, 0.15) is 57.8 Å². The van der Waals surface area contributed by atoms with Crippen LogP contribution in [0.2, 0.25) is 0 Å². The van der Waals surface area contributed by atoms with Crippen LogP contribution in [-0.2, 0) is 0 Å². The number of rotatable bonds is 8. The number of nitrogens with zero attached hydrogens (tertiary/aromatic N) is 1. The minimum absolute atomic E-state index is 0.133. The fraction of sp³-hybridized carbons (Fsp3) is 0.611. The fourth-order valence-electron chi connectivity index (χ4n) is 2.49. The maximum atomic E-state index is 12.8. The fourth-order valence-corrected chi connectivity index (χ4v) is 2.49. The van der Waals surface area contributed by atoms with Crippen molar-refractivity contribution in [2.45, 2.75) is 53.5 Å². The zero-order valence-electron chi connectivity index (χ0n) is 14.1. The number of nitrogens with one attached hydrogen (secondary N) is 1. The minimum atomic E-state index is 0.133. The van der Waals surface area contributed by atoms with E-state index in [1.807, 2.05) is 29.2 Å². The topological polar surface area (TPSA) is 32.3 Å². The molecule has 0 spiro atoms. The molecular formula is C18H30N2O. The van der Waals surface area contributed by atoms with Crippen molar-refractivity contribution in [2.75, 3.05) is 18.4 Å². The van der Waals surface area contributed by atoms with Gasteiger partial charge in [-0.1, -0.05) is 38.8 Å². The van der Waals surface area contributed by atoms with Crippen LogP contribution in [0.5, 0.6) is 0 Å². The molecule has 0 fully saturated rings. The Hall–Kier alpha value is -1.51. The lowest BCUT2D eigenvalue weighted by Gasteiger charge is -2.26. The van der Waals surface area contributed by atoms with Crippen LogP contribution in [0.25, 0.3) is 0 Å². The van der Waals surface area contributed by atoms with Gasteiger partial charge in [0, 0.05) is 24.8 Å². The molecule has 0 bridgehead atoms. The van der Waals surface area contributed by atoms with Crippen molar-refractivity contribution in [3.63, 3.8) is 0 Å². The number of anilines is 1. The SMILES string of the molecule is CCC(CC)CN(CC)C(=O)c1ccccc1NC(C)C. The molecular weight excluding hydrogens is 260 g/mol. The van der Waals surface area contributed by atoms with Gasteiger partial charge < -0.3 is 10.2 Å². The van der Waals surface area contributed by atoms with Crippen LogP contribution < -0.4 is 5.32 Å². The van der Waals surface area contributed by atoms with Crippen LogP contribution in [-0.4, -0.2) is 29.9 Å². The molecule has 0 saturated heterocycles. The second-order valence-electron chi connectivity index (χ2n) is 5.87. The summed E-state index contributed by atoms with van der Waals surface area (Å²) in [6.07, 6.45) is 2.23. The average molecular weight is 290 g/mol. The van der Waals surface area contributed by atoms with E-state index in [-0.39, 0.29) is 5.91 Å². The molecule has 1 aromatic carbocycles. The first kappa shape index (κ1) is 17.5. The second kappa shape index (κ2) is 8.71. The third-order valence-corrected chi connectivity index (χ3v) is 3.90. The molecule has 0 atom stereocenters. The molecule has 0 radical (unpaired) electrons. The van der Waals surface area contributed by atoms with Gasteiger partial charge in [0.1, 0.15) is 0 Å². The van der Waals surface area contributed by atoms with E-state index in [1.54, 1.807) is 0 Å². The molecule has 0 unspecified atom stereocenters. The number of carbonyl (C=O) groups is 1. The second-order valence-corrected chi connectivity index (χ2v) is 5.87. The summed E-state index contributed by atoms with van der Waals surface area (Å²) in [6, 6.07) is 8.12. The highest BCUT2D eigenvalue weighted by Crippen LogP contribution is 2.20. The van der Waals surface area contributed by atoms with Gasteiger partial charge in [-0.3, -0.25) is 4.79 Å². The van der Waals surface area contributed by atoms with E-state index in [4.69, 9.17) is 0 Å². The number of hydrogen-bond acceptors (Lipinski definition) is 2. The maximum absolute atomic E-state index is 12.8. The highest BCUT2D eigenvalue weighted by Gasteiger charge is 2.20. The lowest BCUT2D eigenvalue weighted by atomic mass is 10.0. The van der Waals surface area contributed by atoms with Gasteiger partial charge in [-0.2, -0.15) is 0 Å². The Labute approximate surface area is 129 Å². The van der Waals surface area contributed by atoms with Crippen LogP contribution in [0.3, 0.4) is 0 Å². The molecule has 1 N–H and O–H groups in total. The number of para-hydroxylation sites is 1. The van der Waals surface area contributed by atoms with Crippen LogP contribution >= 0.6 is 0 Å². The zero-order chi connectivity index (χ0) is 15.8. The number of carbonyl (C=O) groups excluding carboxylic acids is 1. The van der Waals surface area contributed by atoms with Gasteiger partial charge in [-0.15, -0.1) is 0 Å². The largest absolute Gasteiger partial charge is 0.382 e. The molecule has 3 heteroatoms. The Morgan fingerprint density at radius 3 is 2.29 bits per heavy atom. The first-order chi connectivity index (χ1) is 10.0. The van der Waals surface area contributed by atoms with Gasteiger partial charge in [0.2, 0.25) is 0 Å². The molecule has 1 rings (SSSR count). The normalized spacial score (nSPS) is 11.0. The molecule has 0 aliphatic carbocycles. The molecule has 0 saturated carbocycles. The van der Waals surface area contributed by atoms with E-state index in [1.165, 1.54) is 0 Å². The van der Waals surface area contributed by atoms with Crippen molar-refractivity contribution in [3.05, 3.63) is 29.8 Å². The molecule has 3 nitrogen and oxygen atoms in total. The quantitative estimate of drug-likeness (QED) is 0.769. The van der Waals surface area contributed by atoms with Crippen molar-refractivity contribution in [2.24, 2.45) is 5.92 Å². The van der Waals surface area contributed by atoms with E-state index in [2.05, 4.69) is 39.9 Å². The molecule has 0 aromatic heterocycles. The molecule has 1 amide bonds. The predicted octanol–water partition coefficient (Wildman–Crippen LogP) is 4.41. The first-order valence-electron chi connectivity index (χ1n) is 8.18. The summed E-state index contributed by atoms with van der Waals surface area (Å²) >= 11 is 0. The first-order valence-corrected chi connectivity index (χ1v) is 8.18. The van der Waals surface area contributed by atoms with Crippen LogP contribution in [0, 0.1) is 5.92 Å². The minimum Gasteiger partial charge on any atom is -0.382 e. The van der Waals surface area contributed by atoms with E-state index in [9.17, 15) is 4.79 Å². The van der Waals surface area contributed by atoms with Gasteiger partial charge in [0.25, 0.3) is 5.91 Å². The molecule has 0 aliphatic rings. The maximum Gasteiger partial charge on any atom is 0.255 e. The summed E-state index contributed by atoms with van der Waals surface area (Å²) < 4.78 is 0. The summed E-state index contributed by atoms with van der Waals surface area (Å²) in [4.78, 5) is 14.8. The Morgan fingerprint density at radius 1 is 1.14 bits per heavy atom. The third kappa shape index (κ3) is 5.07. The van der Waals surface area contributed by atoms with Crippen molar-refractivity contribution >= 4 is 11.6 Å². The Bertz CT molecular complexity index is 439. The highest BCUT2D eigenvalue weighted by atomic mass is 16.2. The summed E-state index contributed by atoms with van der Waals surface area (Å²) in [5, 5.41) is 3.37. The van der Waals surface area contributed by atoms with E-state index in [0.717, 1.165) is 37.2 Å². The number of amides is 1. The van der Waals surface area contributed by atoms with Crippen molar-refractivity contribution < 1.29 is 4.79 Å². The Morgan fingerprint density at radius 2 is 1.76 bits per heavy atom. The standard InChI is InChI=1S/C18H30N2O/c1-6-15(7-2)13-20(8-3)18(21)16-11-9-10-12-17(16)19-14(4)5/h9-12,14-15,19H,6-8,13H2,1-5H3. The lowest BCUT2D eigenvalue weighted by molar-refractivity contribution is 0.0736. The Kier molecular flexibility index (Phi) is 7.27. The number of benzene rings is 1. The van der Waals surface area contributed by atoms with E-state index >= 15 is 0 Å². The van der Waals surface area contributed by atoms with Crippen molar-refractivity contribution in [3.8, 4) is 0 Å². The van der Waals surface area contributed by atoms with Gasteiger partial charge >= 0.3 is 0 Å². The van der Waals surface area contributed by atoms with Gasteiger partial charge in [0.15, 0.2) is 0 Å². The van der Waals surface area contributed by atoms with E-state index < -0.39 is 0 Å². The van der Waals surface area contributed by atoms with Crippen molar-refractivity contribution in [1.29, 1.82) is 0 Å². The predicted molar refractivity (Wildman–Crippen MR) is 90.9 cm³/mol. The molecule has 0 aliphatic heterocycles. The lowest BCUT2D eigenvalue weighted by Crippen LogP contribution is -2.35. The smallest absolute Gasteiger partial charge is 0.255 e. The van der Waals surface area contributed by atoms with Crippen LogP contribution in [0.15, 0.2) is 24.3 Å². The molecule has 21 heavy (non-hydrogen) atoms. The van der Waals surface area contributed by atoms with Gasteiger partial charge in [0.05, 0.1) is 5.56 Å².